The molecule has 0 saturated heterocycles. The minimum atomic E-state index is -1.25. The van der Waals surface area contributed by atoms with Gasteiger partial charge in [0.05, 0.1) is 6.61 Å². The van der Waals surface area contributed by atoms with Crippen LogP contribution in [0.3, 0.4) is 0 Å². The van der Waals surface area contributed by atoms with E-state index in [4.69, 9.17) is 10.5 Å². The molecule has 10 nitrogen and oxygen atoms in total. The SMILES string of the molecule is C=Cc1cccc(C(C(=O)Nc2ccccc2C)N(CCO)C(=O)C(CCC(N)=O)NC(=O)OC(C)(C)C)c1. The van der Waals surface area contributed by atoms with Crippen molar-refractivity contribution in [3.63, 3.8) is 0 Å². The Hall–Kier alpha value is -4.18. The number of aliphatic hydroxyl groups is 1. The summed E-state index contributed by atoms with van der Waals surface area (Å²) in [6.45, 7) is 9.93. The van der Waals surface area contributed by atoms with E-state index in [2.05, 4.69) is 17.2 Å². The van der Waals surface area contributed by atoms with Crippen molar-refractivity contribution in [2.75, 3.05) is 18.5 Å². The first-order valence-electron chi connectivity index (χ1n) is 12.6. The number of aryl methyl sites for hydroxylation is 1. The summed E-state index contributed by atoms with van der Waals surface area (Å²) in [4.78, 5) is 53.0. The van der Waals surface area contributed by atoms with E-state index in [-0.39, 0.29) is 19.4 Å². The second-order valence-electron chi connectivity index (χ2n) is 10.0. The van der Waals surface area contributed by atoms with E-state index in [0.717, 1.165) is 11.1 Å². The van der Waals surface area contributed by atoms with Crippen LogP contribution in [0.15, 0.2) is 55.1 Å². The quantitative estimate of drug-likeness (QED) is 0.326. The van der Waals surface area contributed by atoms with Gasteiger partial charge in [0, 0.05) is 18.7 Å². The van der Waals surface area contributed by atoms with E-state index in [0.29, 0.717) is 11.3 Å². The third kappa shape index (κ3) is 9.57. The van der Waals surface area contributed by atoms with Gasteiger partial charge in [0.25, 0.3) is 5.91 Å². The van der Waals surface area contributed by atoms with Crippen LogP contribution in [0.2, 0.25) is 0 Å². The number of carbonyl (C=O) groups excluding carboxylic acids is 4. The summed E-state index contributed by atoms with van der Waals surface area (Å²) < 4.78 is 5.30. The van der Waals surface area contributed by atoms with Crippen LogP contribution >= 0.6 is 0 Å². The second kappa shape index (κ2) is 14.1. The Kier molecular flexibility index (Phi) is 11.2. The number of para-hydroxylation sites is 1. The molecule has 0 aliphatic rings. The van der Waals surface area contributed by atoms with Crippen molar-refractivity contribution in [3.8, 4) is 0 Å². The van der Waals surface area contributed by atoms with Crippen molar-refractivity contribution in [3.05, 3.63) is 71.8 Å². The van der Waals surface area contributed by atoms with E-state index in [1.807, 2.05) is 19.1 Å². The molecular formula is C29H38N4O6. The van der Waals surface area contributed by atoms with Gasteiger partial charge in [-0.3, -0.25) is 14.4 Å². The number of alkyl carbamates (subject to hydrolysis) is 1. The van der Waals surface area contributed by atoms with Crippen molar-refractivity contribution >= 4 is 35.6 Å². The number of nitrogens with two attached hydrogens (primary N) is 1. The molecule has 2 rings (SSSR count). The summed E-state index contributed by atoms with van der Waals surface area (Å²) in [7, 11) is 0. The molecule has 2 atom stereocenters. The summed E-state index contributed by atoms with van der Waals surface area (Å²) in [5.41, 5.74) is 7.03. The maximum absolute atomic E-state index is 13.9. The summed E-state index contributed by atoms with van der Waals surface area (Å²) in [5.74, 6) is -1.89. The van der Waals surface area contributed by atoms with E-state index < -0.39 is 48.1 Å². The highest BCUT2D eigenvalue weighted by Crippen LogP contribution is 2.27. The molecule has 2 unspecified atom stereocenters. The number of nitrogens with one attached hydrogen (secondary N) is 2. The first-order valence-corrected chi connectivity index (χ1v) is 12.6. The van der Waals surface area contributed by atoms with Gasteiger partial charge in [-0.1, -0.05) is 49.1 Å². The molecule has 0 heterocycles. The highest BCUT2D eigenvalue weighted by molar-refractivity contribution is 5.99. The number of hydrogen-bond acceptors (Lipinski definition) is 6. The molecule has 0 radical (unpaired) electrons. The van der Waals surface area contributed by atoms with Gasteiger partial charge in [0.15, 0.2) is 0 Å². The van der Waals surface area contributed by atoms with Crippen LogP contribution in [-0.4, -0.2) is 58.6 Å². The molecule has 2 aromatic carbocycles. The molecule has 0 aliphatic carbocycles. The van der Waals surface area contributed by atoms with Gasteiger partial charge in [-0.25, -0.2) is 4.79 Å². The minimum absolute atomic E-state index is 0.131. The van der Waals surface area contributed by atoms with Crippen LogP contribution in [0.1, 0.15) is 56.3 Å². The summed E-state index contributed by atoms with van der Waals surface area (Å²) in [6.07, 6.45) is 0.403. The summed E-state index contributed by atoms with van der Waals surface area (Å²) >= 11 is 0. The molecule has 0 bridgehead atoms. The monoisotopic (exact) mass is 538 g/mol. The van der Waals surface area contributed by atoms with Crippen LogP contribution in [0.4, 0.5) is 10.5 Å². The number of ether oxygens (including phenoxy) is 1. The van der Waals surface area contributed by atoms with Crippen molar-refractivity contribution in [2.24, 2.45) is 5.73 Å². The third-order valence-corrected chi connectivity index (χ3v) is 5.72. The van der Waals surface area contributed by atoms with Gasteiger partial charge in [0.2, 0.25) is 11.8 Å². The van der Waals surface area contributed by atoms with Gasteiger partial charge in [-0.2, -0.15) is 0 Å². The van der Waals surface area contributed by atoms with Crippen LogP contribution < -0.4 is 16.4 Å². The normalized spacial score (nSPS) is 12.5. The van der Waals surface area contributed by atoms with Crippen molar-refractivity contribution < 1.29 is 29.0 Å². The maximum atomic E-state index is 13.9. The molecule has 0 saturated carbocycles. The Morgan fingerprint density at radius 1 is 1.13 bits per heavy atom. The molecule has 0 fully saturated rings. The fraction of sp³-hybridized carbons (Fsp3) is 0.379. The molecule has 39 heavy (non-hydrogen) atoms. The van der Waals surface area contributed by atoms with Gasteiger partial charge in [-0.05, 0) is 62.9 Å². The highest BCUT2D eigenvalue weighted by Gasteiger charge is 2.36. The van der Waals surface area contributed by atoms with Gasteiger partial charge in [-0.15, -0.1) is 0 Å². The fourth-order valence-electron chi connectivity index (χ4n) is 3.91. The third-order valence-electron chi connectivity index (χ3n) is 5.72. The number of anilines is 1. The number of nitrogens with zero attached hydrogens (tertiary/aromatic N) is 1. The fourth-order valence-corrected chi connectivity index (χ4v) is 3.91. The van der Waals surface area contributed by atoms with Crippen molar-refractivity contribution in [1.29, 1.82) is 0 Å². The first-order chi connectivity index (χ1) is 18.4. The molecule has 210 valence electrons. The Balaban J connectivity index is 2.55. The number of rotatable bonds is 12. The van der Waals surface area contributed by atoms with E-state index in [1.54, 1.807) is 63.2 Å². The van der Waals surface area contributed by atoms with Crippen LogP contribution in [0, 0.1) is 6.92 Å². The zero-order chi connectivity index (χ0) is 29.2. The summed E-state index contributed by atoms with van der Waals surface area (Å²) in [5, 5.41) is 15.3. The Morgan fingerprint density at radius 2 is 1.82 bits per heavy atom. The Bertz CT molecular complexity index is 1190. The molecule has 0 aliphatic heterocycles. The van der Waals surface area contributed by atoms with Gasteiger partial charge >= 0.3 is 6.09 Å². The highest BCUT2D eigenvalue weighted by atomic mass is 16.6. The second-order valence-corrected chi connectivity index (χ2v) is 10.0. The van der Waals surface area contributed by atoms with Crippen LogP contribution in [-0.2, 0) is 19.1 Å². The lowest BCUT2D eigenvalue weighted by Crippen LogP contribution is -2.53. The lowest BCUT2D eigenvalue weighted by molar-refractivity contribution is -0.141. The average molecular weight is 539 g/mol. The van der Waals surface area contributed by atoms with E-state index in [1.165, 1.54) is 4.90 Å². The lowest BCUT2D eigenvalue weighted by Gasteiger charge is -2.34. The molecule has 4 amide bonds. The van der Waals surface area contributed by atoms with Crippen LogP contribution in [0.25, 0.3) is 6.08 Å². The number of amides is 4. The minimum Gasteiger partial charge on any atom is -0.444 e. The molecular weight excluding hydrogens is 500 g/mol. The molecule has 2 aromatic rings. The smallest absolute Gasteiger partial charge is 0.408 e. The zero-order valence-corrected chi connectivity index (χ0v) is 22.9. The Labute approximate surface area is 229 Å². The maximum Gasteiger partial charge on any atom is 0.408 e. The van der Waals surface area contributed by atoms with Gasteiger partial charge < -0.3 is 31.1 Å². The first kappa shape index (κ1) is 31.0. The molecule has 5 N–H and O–H groups in total. The van der Waals surface area contributed by atoms with Crippen LogP contribution in [0.5, 0.6) is 0 Å². The van der Waals surface area contributed by atoms with E-state index >= 15 is 0 Å². The van der Waals surface area contributed by atoms with Crippen molar-refractivity contribution in [2.45, 2.75) is 58.2 Å². The largest absolute Gasteiger partial charge is 0.444 e. The molecule has 0 spiro atoms. The molecule has 10 heteroatoms. The lowest BCUT2D eigenvalue weighted by atomic mass is 9.99. The topological polar surface area (TPSA) is 151 Å². The zero-order valence-electron chi connectivity index (χ0n) is 22.9. The number of benzene rings is 2. The van der Waals surface area contributed by atoms with Crippen molar-refractivity contribution in [1.82, 2.24) is 10.2 Å². The standard InChI is InChI=1S/C29H38N4O6/c1-6-20-11-9-12-21(18-20)25(26(36)31-22-13-8-7-10-19(22)2)33(16-17-34)27(37)23(14-15-24(30)35)32-28(38)39-29(3,4)5/h6-13,18,23,25,34H,1,14-17H2,2-5H3,(H2,30,35)(H,31,36)(H,32,38). The molecule has 0 aromatic heterocycles. The number of hydrogen-bond donors (Lipinski definition) is 4. The predicted octanol–water partition coefficient (Wildman–Crippen LogP) is 3.30. The average Bonchev–Trinajstić information content (AvgIpc) is 2.86. The van der Waals surface area contributed by atoms with Gasteiger partial charge in [0.1, 0.15) is 17.7 Å². The summed E-state index contributed by atoms with van der Waals surface area (Å²) in [6, 6.07) is 11.7. The Morgan fingerprint density at radius 3 is 2.41 bits per heavy atom. The number of aliphatic hydroxyl groups excluding tert-OH is 1. The number of carbonyl (C=O) groups is 4. The predicted molar refractivity (Wildman–Crippen MR) is 149 cm³/mol. The number of primary amides is 1. The van der Waals surface area contributed by atoms with E-state index in [9.17, 15) is 24.3 Å².